The zero-order chi connectivity index (χ0) is 12.6. The minimum absolute atomic E-state index is 0.0106. The fourth-order valence-corrected chi connectivity index (χ4v) is 3.48. The van der Waals surface area contributed by atoms with Crippen LogP contribution in [0.2, 0.25) is 0 Å². The van der Waals surface area contributed by atoms with Crippen molar-refractivity contribution in [3.05, 3.63) is 11.1 Å². The topological polar surface area (TPSA) is 38.3 Å². The van der Waals surface area contributed by atoms with Gasteiger partial charge in [-0.1, -0.05) is 34.6 Å². The van der Waals surface area contributed by atoms with Crippen LogP contribution in [0.25, 0.3) is 0 Å². The summed E-state index contributed by atoms with van der Waals surface area (Å²) < 4.78 is 5.41. The summed E-state index contributed by atoms with van der Waals surface area (Å²) in [6, 6.07) is 0. The molecule has 1 aliphatic rings. The summed E-state index contributed by atoms with van der Waals surface area (Å²) in [5.41, 5.74) is 2.14. The Labute approximate surface area is 101 Å². The van der Waals surface area contributed by atoms with Crippen LogP contribution < -0.4 is 5.32 Å². The van der Waals surface area contributed by atoms with Crippen LogP contribution in [0.3, 0.4) is 0 Å². The average molecular weight is 241 g/mol. The van der Waals surface area contributed by atoms with Gasteiger partial charge in [0.15, 0.2) is 0 Å². The molecular formula is C12H23NO2Si. The number of β-lactam (4-membered cyclic amide) rings is 1. The minimum Gasteiger partial charge on any atom is -0.427 e. The van der Waals surface area contributed by atoms with Crippen LogP contribution in [0, 0.1) is 10.8 Å². The second-order valence-corrected chi connectivity index (χ2v) is 6.68. The molecule has 92 valence electrons. The summed E-state index contributed by atoms with van der Waals surface area (Å²) in [4.78, 5) is 11.6. The van der Waals surface area contributed by atoms with Gasteiger partial charge in [0.2, 0.25) is 5.91 Å². The number of carbonyl (C=O) groups is 1. The molecule has 0 aliphatic carbocycles. The predicted octanol–water partition coefficient (Wildman–Crippen LogP) is 0.782. The summed E-state index contributed by atoms with van der Waals surface area (Å²) in [5.74, 6) is 0.0892. The van der Waals surface area contributed by atoms with E-state index in [0.29, 0.717) is 13.2 Å². The quantitative estimate of drug-likeness (QED) is 0.450. The summed E-state index contributed by atoms with van der Waals surface area (Å²) >= 11 is 0. The van der Waals surface area contributed by atoms with E-state index in [9.17, 15) is 4.79 Å². The van der Waals surface area contributed by atoms with E-state index in [2.05, 4.69) is 39.9 Å². The smallest absolute Gasteiger partial charge is 0.249 e. The first kappa shape index (κ1) is 13.5. The van der Waals surface area contributed by atoms with Crippen molar-refractivity contribution >= 4 is 16.4 Å². The zero-order valence-electron chi connectivity index (χ0n) is 11.2. The maximum Gasteiger partial charge on any atom is 0.249 e. The number of carbonyl (C=O) groups excluding carboxylic acids is 1. The Morgan fingerprint density at radius 3 is 2.19 bits per heavy atom. The molecule has 0 unspecified atom stereocenters. The lowest BCUT2D eigenvalue weighted by molar-refractivity contribution is -0.120. The van der Waals surface area contributed by atoms with Crippen molar-refractivity contribution in [1.29, 1.82) is 0 Å². The molecule has 16 heavy (non-hydrogen) atoms. The van der Waals surface area contributed by atoms with E-state index in [1.54, 1.807) is 0 Å². The standard InChI is InChI=1S/C12H23NO2Si/c1-11(2,3)9(8-6-13-10(8)14)12(4,5)7-15-16/h6-7H2,1-5,16H3,(H,13,14)/b9-8+. The van der Waals surface area contributed by atoms with Crippen LogP contribution >= 0.6 is 0 Å². The molecule has 0 atom stereocenters. The first-order chi connectivity index (χ1) is 7.20. The highest BCUT2D eigenvalue weighted by atomic mass is 28.2. The third kappa shape index (κ3) is 2.55. The van der Waals surface area contributed by atoms with Crippen LogP contribution in [0.1, 0.15) is 34.6 Å². The number of rotatable bonds is 3. The maximum atomic E-state index is 11.6. The Morgan fingerprint density at radius 1 is 1.38 bits per heavy atom. The Bertz CT molecular complexity index is 326. The Kier molecular flexibility index (Phi) is 3.64. The van der Waals surface area contributed by atoms with Gasteiger partial charge in [-0.25, -0.2) is 0 Å². The number of amides is 1. The SMILES string of the molecule is CC(C)(C)/C(=C1/CNC1=O)C(C)(C)CO[SiH3]. The molecule has 1 heterocycles. The van der Waals surface area contributed by atoms with Gasteiger partial charge in [0.1, 0.15) is 10.5 Å². The van der Waals surface area contributed by atoms with Gasteiger partial charge < -0.3 is 9.74 Å². The molecule has 1 rings (SSSR count). The highest BCUT2D eigenvalue weighted by Gasteiger charge is 2.38. The van der Waals surface area contributed by atoms with E-state index in [1.807, 2.05) is 0 Å². The fraction of sp³-hybridized carbons (Fsp3) is 0.750. The molecule has 0 saturated carbocycles. The second-order valence-electron chi connectivity index (χ2n) is 6.10. The molecule has 0 aromatic carbocycles. The maximum absolute atomic E-state index is 11.6. The van der Waals surface area contributed by atoms with Crippen LogP contribution in [0.5, 0.6) is 0 Å². The molecule has 1 fully saturated rings. The summed E-state index contributed by atoms with van der Waals surface area (Å²) in [5, 5.41) is 2.80. The molecule has 0 aromatic heterocycles. The van der Waals surface area contributed by atoms with Crippen molar-refractivity contribution in [3.8, 4) is 0 Å². The Hall–Kier alpha value is -0.613. The molecular weight excluding hydrogens is 218 g/mol. The Morgan fingerprint density at radius 2 is 1.94 bits per heavy atom. The van der Waals surface area contributed by atoms with Gasteiger partial charge in [-0.05, 0) is 11.0 Å². The van der Waals surface area contributed by atoms with Gasteiger partial charge in [-0.2, -0.15) is 0 Å². The lowest BCUT2D eigenvalue weighted by Gasteiger charge is -2.40. The third-order valence-electron chi connectivity index (χ3n) is 2.93. The molecule has 1 amide bonds. The number of hydrogen-bond donors (Lipinski definition) is 1. The van der Waals surface area contributed by atoms with E-state index in [1.165, 1.54) is 5.57 Å². The van der Waals surface area contributed by atoms with Crippen molar-refractivity contribution in [2.24, 2.45) is 10.8 Å². The highest BCUT2D eigenvalue weighted by Crippen LogP contribution is 2.42. The second kappa shape index (κ2) is 4.34. The largest absolute Gasteiger partial charge is 0.427 e. The first-order valence-electron chi connectivity index (χ1n) is 5.71. The molecule has 3 nitrogen and oxygen atoms in total. The molecule has 4 heteroatoms. The summed E-state index contributed by atoms with van der Waals surface area (Å²) in [6.45, 7) is 12.2. The average Bonchev–Trinajstić information content (AvgIpc) is 2.09. The van der Waals surface area contributed by atoms with Gasteiger partial charge in [0.05, 0.1) is 0 Å². The van der Waals surface area contributed by atoms with E-state index >= 15 is 0 Å². The monoisotopic (exact) mass is 241 g/mol. The molecule has 1 saturated heterocycles. The normalized spacial score (nSPS) is 20.4. The summed E-state index contributed by atoms with van der Waals surface area (Å²) in [7, 11) is 0.739. The fourth-order valence-electron chi connectivity index (χ4n) is 2.76. The van der Waals surface area contributed by atoms with E-state index in [0.717, 1.165) is 16.1 Å². The Balaban J connectivity index is 3.17. The van der Waals surface area contributed by atoms with E-state index in [-0.39, 0.29) is 16.7 Å². The van der Waals surface area contributed by atoms with Crippen molar-refractivity contribution in [3.63, 3.8) is 0 Å². The molecule has 0 spiro atoms. The van der Waals surface area contributed by atoms with Crippen LogP contribution in [0.4, 0.5) is 0 Å². The molecule has 1 aliphatic heterocycles. The van der Waals surface area contributed by atoms with Gasteiger partial charge in [0.25, 0.3) is 0 Å². The van der Waals surface area contributed by atoms with Crippen LogP contribution in [0.15, 0.2) is 11.1 Å². The zero-order valence-corrected chi connectivity index (χ0v) is 13.2. The molecule has 0 aromatic rings. The van der Waals surface area contributed by atoms with Crippen molar-refractivity contribution < 1.29 is 9.22 Å². The number of hydrogen-bond acceptors (Lipinski definition) is 2. The lowest BCUT2D eigenvalue weighted by atomic mass is 9.68. The van der Waals surface area contributed by atoms with Crippen molar-refractivity contribution in [1.82, 2.24) is 5.32 Å². The predicted molar refractivity (Wildman–Crippen MR) is 69.2 cm³/mol. The van der Waals surface area contributed by atoms with Crippen molar-refractivity contribution in [2.45, 2.75) is 34.6 Å². The van der Waals surface area contributed by atoms with Crippen LogP contribution in [-0.2, 0) is 9.22 Å². The van der Waals surface area contributed by atoms with E-state index in [4.69, 9.17) is 4.43 Å². The van der Waals surface area contributed by atoms with Gasteiger partial charge >= 0.3 is 0 Å². The lowest BCUT2D eigenvalue weighted by Crippen LogP contribution is -2.46. The number of nitrogens with one attached hydrogen (secondary N) is 1. The minimum atomic E-state index is -0.0624. The summed E-state index contributed by atoms with van der Waals surface area (Å²) in [6.07, 6.45) is 0. The van der Waals surface area contributed by atoms with E-state index < -0.39 is 0 Å². The highest BCUT2D eigenvalue weighted by molar-refractivity contribution is 6.01. The van der Waals surface area contributed by atoms with Crippen molar-refractivity contribution in [2.75, 3.05) is 13.2 Å². The first-order valence-corrected chi connectivity index (χ1v) is 6.53. The van der Waals surface area contributed by atoms with Gasteiger partial charge in [-0.3, -0.25) is 4.79 Å². The molecule has 0 radical (unpaired) electrons. The third-order valence-corrected chi connectivity index (χ3v) is 3.22. The molecule has 0 bridgehead atoms. The van der Waals surface area contributed by atoms with Gasteiger partial charge in [-0.15, -0.1) is 0 Å². The van der Waals surface area contributed by atoms with Gasteiger partial charge in [0, 0.05) is 24.1 Å². The molecule has 1 N–H and O–H groups in total. The van der Waals surface area contributed by atoms with Crippen LogP contribution in [-0.4, -0.2) is 29.5 Å².